The van der Waals surface area contributed by atoms with Crippen molar-refractivity contribution in [2.45, 2.75) is 12.5 Å². The number of amides is 1. The summed E-state index contributed by atoms with van der Waals surface area (Å²) < 4.78 is 16.7. The number of rotatable bonds is 6. The quantitative estimate of drug-likeness (QED) is 0.323. The molecule has 0 radical (unpaired) electrons. The van der Waals surface area contributed by atoms with Crippen molar-refractivity contribution in [2.75, 3.05) is 20.8 Å². The van der Waals surface area contributed by atoms with Crippen molar-refractivity contribution in [3.8, 4) is 11.5 Å². The van der Waals surface area contributed by atoms with E-state index in [1.165, 1.54) is 0 Å². The Bertz CT molecular complexity index is 1510. The normalized spacial score (nSPS) is 14.9. The van der Waals surface area contributed by atoms with E-state index in [1.54, 1.807) is 61.6 Å². The third-order valence-electron chi connectivity index (χ3n) is 6.22. The average Bonchev–Trinajstić information content (AvgIpc) is 3.16. The Morgan fingerprint density at radius 1 is 0.914 bits per heavy atom. The fourth-order valence-electron chi connectivity index (χ4n) is 4.51. The lowest BCUT2D eigenvalue weighted by atomic mass is 9.98. The van der Waals surface area contributed by atoms with Gasteiger partial charge in [0.1, 0.15) is 5.58 Å². The molecule has 0 spiro atoms. The molecule has 1 atom stereocenters. The van der Waals surface area contributed by atoms with Gasteiger partial charge >= 0.3 is 0 Å². The molecular weight excluding hydrogens is 489 g/mol. The van der Waals surface area contributed by atoms with Crippen LogP contribution in [0.2, 0.25) is 10.0 Å². The maximum Gasteiger partial charge on any atom is 0.290 e. The summed E-state index contributed by atoms with van der Waals surface area (Å²) in [4.78, 5) is 28.8. The van der Waals surface area contributed by atoms with E-state index in [2.05, 4.69) is 0 Å². The maximum atomic E-state index is 13.6. The molecule has 1 aliphatic rings. The van der Waals surface area contributed by atoms with Crippen molar-refractivity contribution in [1.82, 2.24) is 4.90 Å². The summed E-state index contributed by atoms with van der Waals surface area (Å²) in [5.74, 6) is 0.928. The van der Waals surface area contributed by atoms with Crippen molar-refractivity contribution < 1.29 is 18.7 Å². The topological polar surface area (TPSA) is 69.0 Å². The number of nitrogens with zero attached hydrogens (tertiary/aromatic N) is 1. The van der Waals surface area contributed by atoms with E-state index in [0.717, 1.165) is 5.56 Å². The van der Waals surface area contributed by atoms with Crippen LogP contribution in [0.15, 0.2) is 69.9 Å². The van der Waals surface area contributed by atoms with Gasteiger partial charge in [0, 0.05) is 6.54 Å². The van der Waals surface area contributed by atoms with Crippen LogP contribution in [-0.2, 0) is 6.42 Å². The molecule has 3 aromatic carbocycles. The average molecular weight is 510 g/mol. The number of hydrogen-bond acceptors (Lipinski definition) is 5. The largest absolute Gasteiger partial charge is 0.493 e. The summed E-state index contributed by atoms with van der Waals surface area (Å²) in [6.45, 7) is 0.333. The molecule has 0 aliphatic carbocycles. The second kappa shape index (κ2) is 9.29. The zero-order chi connectivity index (χ0) is 24.7. The molecule has 1 amide bonds. The summed E-state index contributed by atoms with van der Waals surface area (Å²) in [6.07, 6.45) is 0.519. The third-order valence-corrected chi connectivity index (χ3v) is 6.96. The fraction of sp³-hybridized carbons (Fsp3) is 0.185. The van der Waals surface area contributed by atoms with Crippen molar-refractivity contribution >= 4 is 40.1 Å². The van der Waals surface area contributed by atoms with Gasteiger partial charge in [0.2, 0.25) is 5.76 Å². The van der Waals surface area contributed by atoms with Gasteiger partial charge in [-0.15, -0.1) is 0 Å². The Morgan fingerprint density at radius 2 is 1.69 bits per heavy atom. The lowest BCUT2D eigenvalue weighted by molar-refractivity contribution is 0.0730. The van der Waals surface area contributed by atoms with E-state index in [-0.39, 0.29) is 17.1 Å². The Labute approximate surface area is 211 Å². The number of methoxy groups -OCH3 is 2. The number of fused-ring (bicyclic) bond motifs is 2. The van der Waals surface area contributed by atoms with Crippen molar-refractivity contribution in [1.29, 1.82) is 0 Å². The molecule has 0 N–H and O–H groups in total. The van der Waals surface area contributed by atoms with Gasteiger partial charge in [-0.3, -0.25) is 9.59 Å². The van der Waals surface area contributed by atoms with Gasteiger partial charge in [-0.05, 0) is 53.9 Å². The van der Waals surface area contributed by atoms with Crippen LogP contribution in [0.1, 0.15) is 33.3 Å². The molecule has 6 nitrogen and oxygen atoms in total. The number of ether oxygens (including phenoxy) is 2. The molecule has 0 saturated heterocycles. The second-order valence-corrected chi connectivity index (χ2v) is 9.00. The third kappa shape index (κ3) is 4.03. The van der Waals surface area contributed by atoms with E-state index < -0.39 is 6.04 Å². The summed E-state index contributed by atoms with van der Waals surface area (Å²) in [7, 11) is 3.15. The molecule has 1 aliphatic heterocycles. The highest BCUT2D eigenvalue weighted by molar-refractivity contribution is 6.42. The SMILES string of the molecule is COc1ccc(CCN2C(=O)c3oc4ccccc4c(=O)c3[C@@H]2c2ccc(Cl)c(Cl)c2)cc1OC. The molecule has 4 aromatic rings. The van der Waals surface area contributed by atoms with Gasteiger partial charge in [-0.1, -0.05) is 47.5 Å². The Kier molecular flexibility index (Phi) is 6.17. The number of para-hydroxylation sites is 1. The Morgan fingerprint density at radius 3 is 2.43 bits per heavy atom. The lowest BCUT2D eigenvalue weighted by Gasteiger charge is -2.25. The molecule has 0 unspecified atom stereocenters. The van der Waals surface area contributed by atoms with Crippen LogP contribution in [0.4, 0.5) is 0 Å². The second-order valence-electron chi connectivity index (χ2n) is 8.18. The van der Waals surface area contributed by atoms with Crippen LogP contribution in [0.3, 0.4) is 0 Å². The smallest absolute Gasteiger partial charge is 0.290 e. The summed E-state index contributed by atoms with van der Waals surface area (Å²) in [5, 5.41) is 1.16. The number of hydrogen-bond donors (Lipinski definition) is 0. The fourth-order valence-corrected chi connectivity index (χ4v) is 4.82. The number of benzene rings is 3. The van der Waals surface area contributed by atoms with E-state index in [1.807, 2.05) is 18.2 Å². The van der Waals surface area contributed by atoms with E-state index in [0.29, 0.717) is 56.6 Å². The first-order valence-electron chi connectivity index (χ1n) is 11.0. The van der Waals surface area contributed by atoms with Crippen LogP contribution in [0.25, 0.3) is 11.0 Å². The van der Waals surface area contributed by atoms with Crippen LogP contribution >= 0.6 is 23.2 Å². The number of carbonyl (C=O) groups is 1. The predicted octanol–water partition coefficient (Wildman–Crippen LogP) is 5.90. The van der Waals surface area contributed by atoms with Crippen LogP contribution in [0, 0.1) is 0 Å². The summed E-state index contributed by atoms with van der Waals surface area (Å²) in [5.41, 5.74) is 2.07. The highest BCUT2D eigenvalue weighted by Gasteiger charge is 2.42. The molecule has 0 saturated carbocycles. The Balaban J connectivity index is 1.59. The highest BCUT2D eigenvalue weighted by Crippen LogP contribution is 2.40. The highest BCUT2D eigenvalue weighted by atomic mass is 35.5. The van der Waals surface area contributed by atoms with E-state index in [4.69, 9.17) is 37.1 Å². The minimum absolute atomic E-state index is 0.0529. The van der Waals surface area contributed by atoms with Gasteiger partial charge in [0.15, 0.2) is 16.9 Å². The molecule has 2 heterocycles. The van der Waals surface area contributed by atoms with Gasteiger partial charge in [-0.2, -0.15) is 0 Å². The lowest BCUT2D eigenvalue weighted by Crippen LogP contribution is -2.31. The molecule has 5 rings (SSSR count). The standard InChI is InChI=1S/C27H21Cl2NO5/c1-33-21-10-7-15(13-22(21)34-2)11-12-30-24(16-8-9-18(28)19(29)14-16)23-25(31)17-5-3-4-6-20(17)35-26(23)27(30)32/h3-10,13-14,24H,11-12H2,1-2H3/t24-/m0/s1. The first-order valence-corrected chi connectivity index (χ1v) is 11.7. The van der Waals surface area contributed by atoms with Crippen LogP contribution < -0.4 is 14.9 Å². The predicted molar refractivity (Wildman–Crippen MR) is 135 cm³/mol. The van der Waals surface area contributed by atoms with Gasteiger partial charge in [0.05, 0.1) is 41.3 Å². The molecule has 178 valence electrons. The van der Waals surface area contributed by atoms with Crippen molar-refractivity contribution in [3.63, 3.8) is 0 Å². The molecule has 35 heavy (non-hydrogen) atoms. The minimum Gasteiger partial charge on any atom is -0.493 e. The number of carbonyl (C=O) groups excluding carboxylic acids is 1. The first-order chi connectivity index (χ1) is 16.9. The van der Waals surface area contributed by atoms with Crippen molar-refractivity contribution in [3.05, 3.63) is 103 Å². The maximum absolute atomic E-state index is 13.6. The van der Waals surface area contributed by atoms with Gasteiger partial charge in [0.25, 0.3) is 5.91 Å². The molecular formula is C27H21Cl2NO5. The molecule has 8 heteroatoms. The minimum atomic E-state index is -0.659. The van der Waals surface area contributed by atoms with Crippen molar-refractivity contribution in [2.24, 2.45) is 0 Å². The number of halogens is 2. The van der Waals surface area contributed by atoms with Crippen LogP contribution in [-0.4, -0.2) is 31.6 Å². The Hall–Kier alpha value is -3.48. The summed E-state index contributed by atoms with van der Waals surface area (Å²) in [6, 6.07) is 17.0. The van der Waals surface area contributed by atoms with E-state index in [9.17, 15) is 9.59 Å². The molecule has 1 aromatic heterocycles. The van der Waals surface area contributed by atoms with Gasteiger partial charge in [-0.25, -0.2) is 0 Å². The molecule has 0 fully saturated rings. The first kappa shape index (κ1) is 23.3. The summed E-state index contributed by atoms with van der Waals surface area (Å²) >= 11 is 12.5. The van der Waals surface area contributed by atoms with Gasteiger partial charge < -0.3 is 18.8 Å². The zero-order valence-electron chi connectivity index (χ0n) is 19.0. The monoisotopic (exact) mass is 509 g/mol. The zero-order valence-corrected chi connectivity index (χ0v) is 20.5. The van der Waals surface area contributed by atoms with E-state index >= 15 is 0 Å². The van der Waals surface area contributed by atoms with Crippen LogP contribution in [0.5, 0.6) is 11.5 Å². The molecule has 0 bridgehead atoms.